The van der Waals surface area contributed by atoms with Crippen LogP contribution in [0.1, 0.15) is 57.1 Å². The molecule has 174 valence electrons. The van der Waals surface area contributed by atoms with Crippen LogP contribution in [-0.4, -0.2) is 47.5 Å². The lowest BCUT2D eigenvalue weighted by Gasteiger charge is -2.59. The molecule has 1 aliphatic carbocycles. The van der Waals surface area contributed by atoms with Gasteiger partial charge in [0.25, 0.3) is 0 Å². The van der Waals surface area contributed by atoms with Crippen molar-refractivity contribution in [2.24, 2.45) is 5.41 Å². The van der Waals surface area contributed by atoms with Crippen molar-refractivity contribution < 1.29 is 14.3 Å². The molecule has 1 unspecified atom stereocenters. The predicted molar refractivity (Wildman–Crippen MR) is 128 cm³/mol. The summed E-state index contributed by atoms with van der Waals surface area (Å²) in [6, 6.07) is 18.3. The highest BCUT2D eigenvalue weighted by molar-refractivity contribution is 5.92. The first-order valence-corrected chi connectivity index (χ1v) is 12.3. The summed E-state index contributed by atoms with van der Waals surface area (Å²) in [5.41, 5.74) is 1.75. The number of para-hydroxylation sites is 2. The van der Waals surface area contributed by atoms with Gasteiger partial charge in [-0.05, 0) is 50.3 Å². The smallest absolute Gasteiger partial charge is 0.321 e. The number of nitrogens with zero attached hydrogens (tertiary/aromatic N) is 2. The van der Waals surface area contributed by atoms with E-state index in [4.69, 9.17) is 4.74 Å². The zero-order chi connectivity index (χ0) is 22.8. The van der Waals surface area contributed by atoms with E-state index < -0.39 is 0 Å². The fourth-order valence-corrected chi connectivity index (χ4v) is 6.07. The van der Waals surface area contributed by atoms with Gasteiger partial charge in [0.15, 0.2) is 0 Å². The minimum Gasteiger partial charge on any atom is -0.492 e. The number of anilines is 1. The quantitative estimate of drug-likeness (QED) is 0.639. The summed E-state index contributed by atoms with van der Waals surface area (Å²) in [6.45, 7) is 3.77. The molecule has 0 aromatic heterocycles. The molecule has 3 aliphatic rings. The van der Waals surface area contributed by atoms with Crippen LogP contribution in [-0.2, 0) is 4.79 Å². The molecule has 5 rings (SSSR count). The first kappa shape index (κ1) is 21.8. The monoisotopic (exact) mass is 447 g/mol. The fraction of sp³-hybridized carbons (Fsp3) is 0.481. The second-order valence-corrected chi connectivity index (χ2v) is 9.47. The minimum absolute atomic E-state index is 0.109. The van der Waals surface area contributed by atoms with Crippen molar-refractivity contribution in [3.63, 3.8) is 0 Å². The fourth-order valence-electron chi connectivity index (χ4n) is 6.07. The maximum Gasteiger partial charge on any atom is 0.321 e. The van der Waals surface area contributed by atoms with Gasteiger partial charge in [-0.1, -0.05) is 55.3 Å². The molecule has 3 fully saturated rings. The summed E-state index contributed by atoms with van der Waals surface area (Å²) >= 11 is 0. The van der Waals surface area contributed by atoms with Crippen LogP contribution in [0, 0.1) is 5.41 Å². The van der Waals surface area contributed by atoms with Crippen molar-refractivity contribution >= 4 is 17.6 Å². The number of ether oxygens (including phenoxy) is 1. The molecule has 2 aromatic rings. The molecule has 2 aromatic carbocycles. The Labute approximate surface area is 195 Å². The van der Waals surface area contributed by atoms with Crippen molar-refractivity contribution in [2.75, 3.05) is 25.0 Å². The van der Waals surface area contributed by atoms with Gasteiger partial charge in [0, 0.05) is 19.1 Å². The van der Waals surface area contributed by atoms with Gasteiger partial charge >= 0.3 is 6.03 Å². The van der Waals surface area contributed by atoms with E-state index in [1.165, 1.54) is 5.56 Å². The van der Waals surface area contributed by atoms with E-state index in [2.05, 4.69) is 34.5 Å². The van der Waals surface area contributed by atoms with Crippen molar-refractivity contribution in [2.45, 2.75) is 57.5 Å². The van der Waals surface area contributed by atoms with E-state index in [9.17, 15) is 9.59 Å². The summed E-state index contributed by atoms with van der Waals surface area (Å²) < 4.78 is 5.63. The molecule has 1 atom stereocenters. The Balaban J connectivity index is 1.25. The lowest BCUT2D eigenvalue weighted by atomic mass is 9.65. The third-order valence-corrected chi connectivity index (χ3v) is 7.65. The van der Waals surface area contributed by atoms with Crippen LogP contribution in [0.5, 0.6) is 5.75 Å². The van der Waals surface area contributed by atoms with Gasteiger partial charge < -0.3 is 19.9 Å². The van der Waals surface area contributed by atoms with Gasteiger partial charge in [0.05, 0.1) is 23.8 Å². The number of urea groups is 1. The summed E-state index contributed by atoms with van der Waals surface area (Å²) in [7, 11) is 0. The Morgan fingerprint density at radius 2 is 1.70 bits per heavy atom. The molecule has 6 heteroatoms. The summed E-state index contributed by atoms with van der Waals surface area (Å²) in [5, 5.41) is 3.00. The lowest BCUT2D eigenvalue weighted by molar-refractivity contribution is -0.180. The van der Waals surface area contributed by atoms with Gasteiger partial charge in [-0.15, -0.1) is 0 Å². The van der Waals surface area contributed by atoms with E-state index in [0.717, 1.165) is 38.5 Å². The highest BCUT2D eigenvalue weighted by Crippen LogP contribution is 2.60. The number of carbonyl (C=O) groups is 2. The van der Waals surface area contributed by atoms with Crippen LogP contribution in [0.2, 0.25) is 0 Å². The van der Waals surface area contributed by atoms with Crippen LogP contribution < -0.4 is 10.1 Å². The molecule has 0 radical (unpaired) electrons. The largest absolute Gasteiger partial charge is 0.492 e. The van der Waals surface area contributed by atoms with Crippen LogP contribution in [0.15, 0.2) is 54.6 Å². The molecule has 1 spiro atoms. The van der Waals surface area contributed by atoms with Gasteiger partial charge in [0.2, 0.25) is 5.91 Å². The second-order valence-electron chi connectivity index (χ2n) is 9.47. The number of carbonyl (C=O) groups excluding carboxylic acids is 2. The Kier molecular flexibility index (Phi) is 6.00. The van der Waals surface area contributed by atoms with E-state index in [0.29, 0.717) is 37.0 Å². The third-order valence-electron chi connectivity index (χ3n) is 7.65. The number of nitrogens with one attached hydrogen (secondary N) is 1. The number of hydrogen-bond acceptors (Lipinski definition) is 3. The Hall–Kier alpha value is -3.02. The molecule has 6 nitrogen and oxygen atoms in total. The second kappa shape index (κ2) is 9.08. The average Bonchev–Trinajstić information content (AvgIpc) is 3.37. The summed E-state index contributed by atoms with van der Waals surface area (Å²) in [5.74, 6) is 1.02. The van der Waals surface area contributed by atoms with Crippen molar-refractivity contribution in [1.29, 1.82) is 0 Å². The van der Waals surface area contributed by atoms with Gasteiger partial charge in [0.1, 0.15) is 5.75 Å². The molecule has 1 N–H and O–H groups in total. The average molecular weight is 448 g/mol. The molecule has 2 aliphatic heterocycles. The molecule has 1 saturated carbocycles. The molecule has 3 amide bonds. The zero-order valence-electron chi connectivity index (χ0n) is 19.3. The van der Waals surface area contributed by atoms with E-state index >= 15 is 0 Å². The standard InChI is InChI=1S/C27H33N3O3/c1-2-33-23-13-7-6-12-22(23)28-26(32)29-18-14-21(15-19-29)30-24(20-10-4-3-5-11-20)27(25(30)31)16-8-9-17-27/h3-7,10-13,21,24H,2,8-9,14-19H2,1H3,(H,28,32). The number of β-lactam (4-membered cyclic amide) rings is 1. The Bertz CT molecular complexity index is 995. The minimum atomic E-state index is -0.196. The number of likely N-dealkylation sites (tertiary alicyclic amines) is 2. The molecule has 33 heavy (non-hydrogen) atoms. The van der Waals surface area contributed by atoms with E-state index in [1.54, 1.807) is 0 Å². The highest BCUT2D eigenvalue weighted by Gasteiger charge is 2.63. The molecule has 2 heterocycles. The van der Waals surface area contributed by atoms with Crippen LogP contribution in [0.3, 0.4) is 0 Å². The summed E-state index contributed by atoms with van der Waals surface area (Å²) in [4.78, 5) is 30.4. The molecular formula is C27H33N3O3. The van der Waals surface area contributed by atoms with Crippen molar-refractivity contribution in [3.8, 4) is 5.75 Å². The zero-order valence-corrected chi connectivity index (χ0v) is 19.3. The van der Waals surface area contributed by atoms with Crippen molar-refractivity contribution in [3.05, 3.63) is 60.2 Å². The molecular weight excluding hydrogens is 414 g/mol. The first-order chi connectivity index (χ1) is 16.1. The SMILES string of the molecule is CCOc1ccccc1NC(=O)N1CCC(N2C(=O)C3(CCCC3)C2c2ccccc2)CC1. The molecule has 0 bridgehead atoms. The number of rotatable bonds is 5. The number of benzene rings is 2. The summed E-state index contributed by atoms with van der Waals surface area (Å²) in [6.07, 6.45) is 5.91. The van der Waals surface area contributed by atoms with Crippen LogP contribution >= 0.6 is 0 Å². The van der Waals surface area contributed by atoms with Crippen molar-refractivity contribution in [1.82, 2.24) is 9.80 Å². The maximum absolute atomic E-state index is 13.4. The Morgan fingerprint density at radius 1 is 1.03 bits per heavy atom. The number of amides is 3. The Morgan fingerprint density at radius 3 is 2.39 bits per heavy atom. The lowest BCUT2D eigenvalue weighted by Crippen LogP contribution is -2.66. The normalized spacial score (nSPS) is 22.3. The third kappa shape index (κ3) is 3.85. The maximum atomic E-state index is 13.4. The van der Waals surface area contributed by atoms with Crippen LogP contribution in [0.4, 0.5) is 10.5 Å². The van der Waals surface area contributed by atoms with Gasteiger partial charge in [-0.25, -0.2) is 4.79 Å². The van der Waals surface area contributed by atoms with E-state index in [-0.39, 0.29) is 23.5 Å². The van der Waals surface area contributed by atoms with Crippen LogP contribution in [0.25, 0.3) is 0 Å². The first-order valence-electron chi connectivity index (χ1n) is 12.3. The van der Waals surface area contributed by atoms with E-state index in [1.807, 2.05) is 42.2 Å². The van der Waals surface area contributed by atoms with Gasteiger partial charge in [-0.2, -0.15) is 0 Å². The number of piperidine rings is 1. The predicted octanol–water partition coefficient (Wildman–Crippen LogP) is 5.23. The topological polar surface area (TPSA) is 61.9 Å². The molecule has 2 saturated heterocycles. The van der Waals surface area contributed by atoms with Gasteiger partial charge in [-0.3, -0.25) is 4.79 Å². The number of hydrogen-bond donors (Lipinski definition) is 1. The highest BCUT2D eigenvalue weighted by atomic mass is 16.5.